The van der Waals surface area contributed by atoms with Gasteiger partial charge in [0.05, 0.1) is 6.10 Å². The van der Waals surface area contributed by atoms with Crippen LogP contribution in [0.15, 0.2) is 0 Å². The molecule has 0 heterocycles. The lowest BCUT2D eigenvalue weighted by atomic mass is 9.90. The summed E-state index contributed by atoms with van der Waals surface area (Å²) in [5, 5.41) is 13.2. The minimum absolute atomic E-state index is 0.115. The lowest BCUT2D eigenvalue weighted by Crippen LogP contribution is -2.45. The van der Waals surface area contributed by atoms with Crippen LogP contribution in [0.3, 0.4) is 0 Å². The van der Waals surface area contributed by atoms with E-state index in [0.29, 0.717) is 11.5 Å². The summed E-state index contributed by atoms with van der Waals surface area (Å²) in [7, 11) is 0. The third-order valence-corrected chi connectivity index (χ3v) is 2.62. The van der Waals surface area contributed by atoms with Crippen LogP contribution in [0.4, 0.5) is 0 Å². The highest BCUT2D eigenvalue weighted by Gasteiger charge is 2.23. The molecule has 1 fully saturated rings. The summed E-state index contributed by atoms with van der Waals surface area (Å²) in [6, 6.07) is 0.341. The molecule has 0 aliphatic heterocycles. The number of hydrogen-bond acceptors (Lipinski definition) is 2. The number of aliphatic hydroxyl groups excluding tert-OH is 1. The summed E-state index contributed by atoms with van der Waals surface area (Å²) >= 11 is 0. The molecule has 2 atom stereocenters. The number of aliphatic hydroxyl groups is 1. The topological polar surface area (TPSA) is 32.3 Å². The van der Waals surface area contributed by atoms with Gasteiger partial charge in [-0.25, -0.2) is 0 Å². The van der Waals surface area contributed by atoms with Crippen LogP contribution in [0.2, 0.25) is 0 Å². The lowest BCUT2D eigenvalue weighted by Gasteiger charge is -2.31. The molecule has 2 nitrogen and oxygen atoms in total. The molecular formula is C11H23NO. The number of rotatable bonds is 2. The van der Waals surface area contributed by atoms with Gasteiger partial charge in [0.2, 0.25) is 0 Å². The zero-order valence-corrected chi connectivity index (χ0v) is 9.14. The van der Waals surface area contributed by atoms with Crippen molar-refractivity contribution in [3.05, 3.63) is 0 Å². The fourth-order valence-electron chi connectivity index (χ4n) is 1.79. The van der Waals surface area contributed by atoms with E-state index < -0.39 is 0 Å². The Hall–Kier alpha value is -0.0800. The van der Waals surface area contributed by atoms with Crippen molar-refractivity contribution in [2.24, 2.45) is 5.41 Å². The maximum absolute atomic E-state index is 9.70. The standard InChI is InChI=1S/C11H23NO/c1-11(2,3)8-12-9-6-4-5-7-10(9)13/h9-10,12-13H,4-8H2,1-3H3/t9-,10-/m1/s1. The van der Waals surface area contributed by atoms with E-state index in [1.807, 2.05) is 0 Å². The second-order valence-corrected chi connectivity index (χ2v) is 5.40. The van der Waals surface area contributed by atoms with Crippen molar-refractivity contribution in [2.75, 3.05) is 6.54 Å². The van der Waals surface area contributed by atoms with Crippen molar-refractivity contribution in [3.8, 4) is 0 Å². The molecule has 13 heavy (non-hydrogen) atoms. The van der Waals surface area contributed by atoms with E-state index in [-0.39, 0.29) is 6.10 Å². The molecule has 1 aliphatic carbocycles. The first kappa shape index (κ1) is 11.0. The van der Waals surface area contributed by atoms with Gasteiger partial charge in [0.1, 0.15) is 0 Å². The molecule has 2 heteroatoms. The van der Waals surface area contributed by atoms with Crippen LogP contribution in [0.1, 0.15) is 46.5 Å². The Kier molecular flexibility index (Phi) is 3.74. The van der Waals surface area contributed by atoms with Gasteiger partial charge >= 0.3 is 0 Å². The lowest BCUT2D eigenvalue weighted by molar-refractivity contribution is 0.0863. The third-order valence-electron chi connectivity index (χ3n) is 2.62. The Morgan fingerprint density at radius 1 is 1.23 bits per heavy atom. The zero-order chi connectivity index (χ0) is 9.90. The number of nitrogens with one attached hydrogen (secondary N) is 1. The van der Waals surface area contributed by atoms with E-state index in [9.17, 15) is 5.11 Å². The molecule has 0 aromatic rings. The second kappa shape index (κ2) is 4.43. The van der Waals surface area contributed by atoms with Gasteiger partial charge in [0, 0.05) is 12.6 Å². The Morgan fingerprint density at radius 2 is 1.85 bits per heavy atom. The molecule has 0 aromatic carbocycles. The Bertz CT molecular complexity index is 151. The highest BCUT2D eigenvalue weighted by atomic mass is 16.3. The van der Waals surface area contributed by atoms with Crippen LogP contribution in [0.25, 0.3) is 0 Å². The molecule has 0 aromatic heterocycles. The van der Waals surface area contributed by atoms with E-state index in [4.69, 9.17) is 0 Å². The maximum Gasteiger partial charge on any atom is 0.0693 e. The van der Waals surface area contributed by atoms with Crippen molar-refractivity contribution in [1.82, 2.24) is 5.32 Å². The molecule has 1 aliphatic rings. The second-order valence-electron chi connectivity index (χ2n) is 5.40. The van der Waals surface area contributed by atoms with Gasteiger partial charge in [-0.05, 0) is 18.3 Å². The highest BCUT2D eigenvalue weighted by molar-refractivity contribution is 4.81. The Morgan fingerprint density at radius 3 is 2.38 bits per heavy atom. The quantitative estimate of drug-likeness (QED) is 0.689. The molecule has 0 bridgehead atoms. The van der Waals surface area contributed by atoms with Gasteiger partial charge in [0.15, 0.2) is 0 Å². The molecular weight excluding hydrogens is 162 g/mol. The number of hydrogen-bond donors (Lipinski definition) is 2. The average Bonchev–Trinajstić information content (AvgIpc) is 2.01. The van der Waals surface area contributed by atoms with Crippen molar-refractivity contribution in [1.29, 1.82) is 0 Å². The Labute approximate surface area is 81.7 Å². The van der Waals surface area contributed by atoms with Gasteiger partial charge < -0.3 is 10.4 Å². The van der Waals surface area contributed by atoms with Gasteiger partial charge in [-0.15, -0.1) is 0 Å². The summed E-state index contributed by atoms with van der Waals surface area (Å²) in [6.45, 7) is 7.65. The molecule has 78 valence electrons. The highest BCUT2D eigenvalue weighted by Crippen LogP contribution is 2.19. The predicted molar refractivity (Wildman–Crippen MR) is 55.7 cm³/mol. The van der Waals surface area contributed by atoms with Crippen molar-refractivity contribution < 1.29 is 5.11 Å². The minimum Gasteiger partial charge on any atom is -0.392 e. The smallest absolute Gasteiger partial charge is 0.0693 e. The minimum atomic E-state index is -0.115. The van der Waals surface area contributed by atoms with Gasteiger partial charge in [-0.2, -0.15) is 0 Å². The Balaban J connectivity index is 2.27. The van der Waals surface area contributed by atoms with Crippen molar-refractivity contribution in [2.45, 2.75) is 58.6 Å². The predicted octanol–water partition coefficient (Wildman–Crippen LogP) is 1.93. The third kappa shape index (κ3) is 4.10. The van der Waals surface area contributed by atoms with E-state index in [0.717, 1.165) is 19.4 Å². The zero-order valence-electron chi connectivity index (χ0n) is 9.14. The van der Waals surface area contributed by atoms with Crippen LogP contribution in [-0.4, -0.2) is 23.8 Å². The summed E-state index contributed by atoms with van der Waals surface area (Å²) in [5.74, 6) is 0. The molecule has 0 unspecified atom stereocenters. The van der Waals surface area contributed by atoms with E-state index in [2.05, 4.69) is 26.1 Å². The first-order valence-electron chi connectivity index (χ1n) is 5.40. The van der Waals surface area contributed by atoms with Crippen molar-refractivity contribution in [3.63, 3.8) is 0 Å². The van der Waals surface area contributed by atoms with Crippen LogP contribution in [0, 0.1) is 5.41 Å². The summed E-state index contributed by atoms with van der Waals surface area (Å²) < 4.78 is 0. The van der Waals surface area contributed by atoms with Crippen LogP contribution >= 0.6 is 0 Å². The molecule has 0 amide bonds. The maximum atomic E-state index is 9.70. The largest absolute Gasteiger partial charge is 0.392 e. The fourth-order valence-corrected chi connectivity index (χ4v) is 1.79. The monoisotopic (exact) mass is 185 g/mol. The summed E-state index contributed by atoms with van der Waals surface area (Å²) in [6.07, 6.45) is 4.45. The molecule has 1 rings (SSSR count). The fraction of sp³-hybridized carbons (Fsp3) is 1.00. The molecule has 0 spiro atoms. The average molecular weight is 185 g/mol. The van der Waals surface area contributed by atoms with E-state index in [1.165, 1.54) is 12.8 Å². The molecule has 0 saturated heterocycles. The van der Waals surface area contributed by atoms with Gasteiger partial charge in [0.25, 0.3) is 0 Å². The summed E-state index contributed by atoms with van der Waals surface area (Å²) in [4.78, 5) is 0. The first-order chi connectivity index (χ1) is 5.99. The van der Waals surface area contributed by atoms with Crippen LogP contribution in [-0.2, 0) is 0 Å². The van der Waals surface area contributed by atoms with E-state index in [1.54, 1.807) is 0 Å². The summed E-state index contributed by atoms with van der Waals surface area (Å²) in [5.41, 5.74) is 0.317. The molecule has 2 N–H and O–H groups in total. The molecule has 0 radical (unpaired) electrons. The van der Waals surface area contributed by atoms with Gasteiger partial charge in [-0.3, -0.25) is 0 Å². The molecule has 1 saturated carbocycles. The van der Waals surface area contributed by atoms with E-state index >= 15 is 0 Å². The van der Waals surface area contributed by atoms with Crippen LogP contribution < -0.4 is 5.32 Å². The van der Waals surface area contributed by atoms with Gasteiger partial charge in [-0.1, -0.05) is 33.6 Å². The van der Waals surface area contributed by atoms with Crippen LogP contribution in [0.5, 0.6) is 0 Å². The first-order valence-corrected chi connectivity index (χ1v) is 5.40. The normalized spacial score (nSPS) is 30.5. The SMILES string of the molecule is CC(C)(C)CN[C@@H]1CCCC[C@H]1O. The van der Waals surface area contributed by atoms with Crippen molar-refractivity contribution >= 4 is 0 Å².